The third-order valence-electron chi connectivity index (χ3n) is 2.83. The zero-order valence-electron chi connectivity index (χ0n) is 10.5. The predicted molar refractivity (Wildman–Crippen MR) is 68.5 cm³/mol. The number of imidazole rings is 1. The summed E-state index contributed by atoms with van der Waals surface area (Å²) in [4.78, 5) is 7.23. The summed E-state index contributed by atoms with van der Waals surface area (Å²) < 4.78 is 5.07. The number of para-hydroxylation sites is 1. The summed E-state index contributed by atoms with van der Waals surface area (Å²) in [7, 11) is 1.54. The molecule has 1 unspecified atom stereocenters. The van der Waals surface area contributed by atoms with Gasteiger partial charge in [0.15, 0.2) is 11.5 Å². The van der Waals surface area contributed by atoms with Crippen molar-refractivity contribution in [3.05, 3.63) is 42.0 Å². The van der Waals surface area contributed by atoms with Gasteiger partial charge in [-0.05, 0) is 13.0 Å². The molecule has 3 N–H and O–H groups in total. The molecule has 0 fully saturated rings. The van der Waals surface area contributed by atoms with Crippen LogP contribution in [0.4, 0.5) is 0 Å². The molecule has 0 saturated heterocycles. The first-order valence-corrected chi connectivity index (χ1v) is 5.80. The zero-order chi connectivity index (χ0) is 13.0. The number of hydrogen-bond acceptors (Lipinski definition) is 4. The Morgan fingerprint density at radius 2 is 2.33 bits per heavy atom. The van der Waals surface area contributed by atoms with E-state index in [-0.39, 0.29) is 11.8 Å². The average molecular weight is 247 g/mol. The maximum atomic E-state index is 9.94. The number of phenols is 1. The fourth-order valence-corrected chi connectivity index (χ4v) is 1.75. The monoisotopic (exact) mass is 247 g/mol. The summed E-state index contributed by atoms with van der Waals surface area (Å²) in [5.41, 5.74) is 0.799. The van der Waals surface area contributed by atoms with Gasteiger partial charge in [-0.3, -0.25) is 0 Å². The summed E-state index contributed by atoms with van der Waals surface area (Å²) in [6.07, 6.45) is 3.51. The van der Waals surface area contributed by atoms with E-state index in [1.807, 2.05) is 19.1 Å². The van der Waals surface area contributed by atoms with Crippen LogP contribution in [0, 0.1) is 0 Å². The van der Waals surface area contributed by atoms with Crippen molar-refractivity contribution in [2.45, 2.75) is 19.5 Å². The van der Waals surface area contributed by atoms with Gasteiger partial charge in [-0.25, -0.2) is 4.98 Å². The highest BCUT2D eigenvalue weighted by atomic mass is 16.5. The Hall–Kier alpha value is -2.01. The van der Waals surface area contributed by atoms with Gasteiger partial charge >= 0.3 is 0 Å². The molecule has 0 aliphatic carbocycles. The number of aromatic hydroxyl groups is 1. The van der Waals surface area contributed by atoms with Crippen molar-refractivity contribution >= 4 is 0 Å². The minimum absolute atomic E-state index is 0.0885. The Bertz CT molecular complexity index is 497. The molecule has 2 aromatic rings. The number of ether oxygens (including phenoxy) is 1. The van der Waals surface area contributed by atoms with E-state index in [9.17, 15) is 5.11 Å². The van der Waals surface area contributed by atoms with Gasteiger partial charge in [-0.1, -0.05) is 12.1 Å². The second kappa shape index (κ2) is 5.55. The minimum Gasteiger partial charge on any atom is -0.504 e. The van der Waals surface area contributed by atoms with E-state index < -0.39 is 0 Å². The minimum atomic E-state index is 0.0885. The van der Waals surface area contributed by atoms with Crippen LogP contribution in [-0.2, 0) is 6.54 Å². The molecule has 0 bridgehead atoms. The molecule has 18 heavy (non-hydrogen) atoms. The van der Waals surface area contributed by atoms with Crippen molar-refractivity contribution in [2.75, 3.05) is 7.11 Å². The van der Waals surface area contributed by atoms with Crippen molar-refractivity contribution in [1.29, 1.82) is 0 Å². The van der Waals surface area contributed by atoms with Gasteiger partial charge in [0.1, 0.15) is 5.82 Å². The number of rotatable bonds is 5. The average Bonchev–Trinajstić information content (AvgIpc) is 2.91. The Labute approximate surface area is 106 Å². The molecular formula is C13H17N3O2. The number of aromatic amines is 1. The van der Waals surface area contributed by atoms with Crippen LogP contribution in [0.3, 0.4) is 0 Å². The van der Waals surface area contributed by atoms with Gasteiger partial charge in [-0.15, -0.1) is 0 Å². The lowest BCUT2D eigenvalue weighted by Gasteiger charge is -2.13. The Morgan fingerprint density at radius 3 is 3.00 bits per heavy atom. The van der Waals surface area contributed by atoms with Gasteiger partial charge in [0.2, 0.25) is 0 Å². The standard InChI is InChI=1S/C13H17N3O2/c1-9(13-14-6-7-15-13)16-8-10-4-3-5-11(18-2)12(10)17/h3-7,9,16-17H,8H2,1-2H3,(H,14,15). The fraction of sp³-hybridized carbons (Fsp3) is 0.308. The van der Waals surface area contributed by atoms with Gasteiger partial charge in [0.25, 0.3) is 0 Å². The summed E-state index contributed by atoms with van der Waals surface area (Å²) in [6, 6.07) is 5.53. The molecule has 1 heterocycles. The zero-order valence-corrected chi connectivity index (χ0v) is 10.5. The van der Waals surface area contributed by atoms with Crippen LogP contribution >= 0.6 is 0 Å². The lowest BCUT2D eigenvalue weighted by Crippen LogP contribution is -2.19. The van der Waals surface area contributed by atoms with Crippen molar-refractivity contribution in [1.82, 2.24) is 15.3 Å². The Balaban J connectivity index is 2.02. The molecule has 1 aromatic heterocycles. The summed E-state index contributed by atoms with van der Waals surface area (Å²) >= 11 is 0. The van der Waals surface area contributed by atoms with Gasteiger partial charge < -0.3 is 20.1 Å². The van der Waals surface area contributed by atoms with Crippen LogP contribution in [0.15, 0.2) is 30.6 Å². The van der Waals surface area contributed by atoms with E-state index in [2.05, 4.69) is 15.3 Å². The van der Waals surface area contributed by atoms with E-state index in [0.29, 0.717) is 12.3 Å². The van der Waals surface area contributed by atoms with E-state index in [1.165, 1.54) is 7.11 Å². The summed E-state index contributed by atoms with van der Waals surface area (Å²) in [5.74, 6) is 1.54. The number of H-pyrrole nitrogens is 1. The summed E-state index contributed by atoms with van der Waals surface area (Å²) in [5, 5.41) is 13.2. The SMILES string of the molecule is COc1cccc(CNC(C)c2ncc[nH]2)c1O. The van der Waals surface area contributed by atoms with Gasteiger partial charge in [-0.2, -0.15) is 0 Å². The van der Waals surface area contributed by atoms with Crippen molar-refractivity contribution in [3.63, 3.8) is 0 Å². The van der Waals surface area contributed by atoms with Crippen LogP contribution in [0.2, 0.25) is 0 Å². The first-order chi connectivity index (χ1) is 8.72. The molecule has 1 atom stereocenters. The number of phenolic OH excluding ortho intramolecular Hbond substituents is 1. The molecule has 2 rings (SSSR count). The predicted octanol–water partition coefficient (Wildman–Crippen LogP) is 1.97. The van der Waals surface area contributed by atoms with Crippen LogP contribution in [-0.4, -0.2) is 22.2 Å². The molecular weight excluding hydrogens is 230 g/mol. The normalized spacial score (nSPS) is 12.3. The number of nitrogens with zero attached hydrogens (tertiary/aromatic N) is 1. The molecule has 0 spiro atoms. The number of benzene rings is 1. The van der Waals surface area contributed by atoms with Crippen molar-refractivity contribution < 1.29 is 9.84 Å². The van der Waals surface area contributed by atoms with Crippen LogP contribution < -0.4 is 10.1 Å². The lowest BCUT2D eigenvalue weighted by molar-refractivity contribution is 0.369. The molecule has 0 radical (unpaired) electrons. The van der Waals surface area contributed by atoms with Crippen molar-refractivity contribution in [3.8, 4) is 11.5 Å². The van der Waals surface area contributed by atoms with Crippen molar-refractivity contribution in [2.24, 2.45) is 0 Å². The number of hydrogen-bond donors (Lipinski definition) is 3. The molecule has 0 aliphatic heterocycles. The highest BCUT2D eigenvalue weighted by Crippen LogP contribution is 2.29. The van der Waals surface area contributed by atoms with E-state index in [0.717, 1.165) is 11.4 Å². The second-order valence-corrected chi connectivity index (χ2v) is 4.05. The molecule has 5 heteroatoms. The lowest BCUT2D eigenvalue weighted by atomic mass is 10.1. The van der Waals surface area contributed by atoms with Gasteiger partial charge in [0.05, 0.1) is 13.2 Å². The fourth-order valence-electron chi connectivity index (χ4n) is 1.75. The maximum Gasteiger partial charge on any atom is 0.162 e. The Morgan fingerprint density at radius 1 is 1.50 bits per heavy atom. The smallest absolute Gasteiger partial charge is 0.162 e. The third kappa shape index (κ3) is 2.62. The molecule has 0 amide bonds. The Kier molecular flexibility index (Phi) is 3.84. The molecule has 96 valence electrons. The maximum absolute atomic E-state index is 9.94. The molecule has 0 saturated carbocycles. The van der Waals surface area contributed by atoms with Crippen LogP contribution in [0.5, 0.6) is 11.5 Å². The number of aromatic nitrogens is 2. The molecule has 0 aliphatic rings. The number of nitrogens with one attached hydrogen (secondary N) is 2. The van der Waals surface area contributed by atoms with E-state index in [4.69, 9.17) is 4.74 Å². The first kappa shape index (κ1) is 12.4. The first-order valence-electron chi connectivity index (χ1n) is 5.80. The van der Waals surface area contributed by atoms with Gasteiger partial charge in [0, 0.05) is 24.5 Å². The number of methoxy groups -OCH3 is 1. The largest absolute Gasteiger partial charge is 0.504 e. The summed E-state index contributed by atoms with van der Waals surface area (Å²) in [6.45, 7) is 2.56. The second-order valence-electron chi connectivity index (χ2n) is 4.05. The van der Waals surface area contributed by atoms with E-state index >= 15 is 0 Å². The topological polar surface area (TPSA) is 70.2 Å². The molecule has 1 aromatic carbocycles. The quantitative estimate of drug-likeness (QED) is 0.755. The highest BCUT2D eigenvalue weighted by Gasteiger charge is 2.10. The highest BCUT2D eigenvalue weighted by molar-refractivity contribution is 5.45. The third-order valence-corrected chi connectivity index (χ3v) is 2.83. The van der Waals surface area contributed by atoms with Crippen LogP contribution in [0.1, 0.15) is 24.4 Å². The molecule has 5 nitrogen and oxygen atoms in total. The van der Waals surface area contributed by atoms with Crippen LogP contribution in [0.25, 0.3) is 0 Å². The van der Waals surface area contributed by atoms with E-state index in [1.54, 1.807) is 18.5 Å².